The highest BCUT2D eigenvalue weighted by molar-refractivity contribution is 5.86. The average molecular weight is 318 g/mol. The van der Waals surface area contributed by atoms with Gasteiger partial charge in [-0.05, 0) is 37.8 Å². The predicted molar refractivity (Wildman–Crippen MR) is 86.0 cm³/mol. The molecule has 2 heterocycles. The summed E-state index contributed by atoms with van der Waals surface area (Å²) in [6, 6.07) is 10.3. The van der Waals surface area contributed by atoms with Crippen molar-refractivity contribution in [3.05, 3.63) is 30.3 Å². The second-order valence-electron chi connectivity index (χ2n) is 7.20. The first-order chi connectivity index (χ1) is 11.1. The number of anilines is 1. The van der Waals surface area contributed by atoms with Crippen molar-refractivity contribution in [1.29, 1.82) is 0 Å². The molecule has 0 radical (unpaired) electrons. The maximum Gasteiger partial charge on any atom is 0.260 e. The average Bonchev–Trinajstić information content (AvgIpc) is 3.13. The van der Waals surface area contributed by atoms with Crippen LogP contribution in [-0.4, -0.2) is 47.8 Å². The molecule has 2 unspecified atom stereocenters. The maximum atomic E-state index is 14.3. The van der Waals surface area contributed by atoms with Gasteiger partial charge in [-0.1, -0.05) is 18.2 Å². The van der Waals surface area contributed by atoms with Gasteiger partial charge in [0.25, 0.3) is 5.91 Å². The number of para-hydroxylation sites is 1. The van der Waals surface area contributed by atoms with E-state index in [1.54, 1.807) is 4.90 Å². The summed E-state index contributed by atoms with van der Waals surface area (Å²) < 4.78 is 20.4. The number of hydrogen-bond donors (Lipinski definition) is 1. The predicted octanol–water partition coefficient (Wildman–Crippen LogP) is 2.75. The van der Waals surface area contributed by atoms with Crippen molar-refractivity contribution < 1.29 is 13.9 Å². The molecule has 1 spiro atoms. The van der Waals surface area contributed by atoms with Crippen molar-refractivity contribution in [2.75, 3.05) is 25.0 Å². The molecule has 3 aliphatic rings. The lowest BCUT2D eigenvalue weighted by molar-refractivity contribution is -0.149. The first-order valence-corrected chi connectivity index (χ1v) is 8.53. The largest absolute Gasteiger partial charge is 0.380 e. The molecule has 1 aliphatic carbocycles. The zero-order valence-electron chi connectivity index (χ0n) is 13.3. The van der Waals surface area contributed by atoms with Gasteiger partial charge in [0.1, 0.15) is 0 Å². The van der Waals surface area contributed by atoms with Crippen LogP contribution in [0.5, 0.6) is 0 Å². The van der Waals surface area contributed by atoms with Gasteiger partial charge in [0.2, 0.25) is 0 Å². The molecule has 124 valence electrons. The van der Waals surface area contributed by atoms with Gasteiger partial charge in [-0.3, -0.25) is 4.79 Å². The van der Waals surface area contributed by atoms with E-state index in [2.05, 4.69) is 5.32 Å². The Hall–Kier alpha value is -1.62. The Labute approximate surface area is 136 Å². The second-order valence-corrected chi connectivity index (χ2v) is 7.20. The molecule has 2 atom stereocenters. The minimum atomic E-state index is -1.59. The van der Waals surface area contributed by atoms with Gasteiger partial charge in [-0.15, -0.1) is 0 Å². The molecule has 2 aliphatic heterocycles. The molecule has 1 amide bonds. The Bertz CT molecular complexity index is 590. The normalized spacial score (nSPS) is 32.0. The van der Waals surface area contributed by atoms with E-state index in [1.807, 2.05) is 30.3 Å². The molecule has 0 aromatic heterocycles. The van der Waals surface area contributed by atoms with Crippen LogP contribution in [-0.2, 0) is 9.53 Å². The number of nitrogens with zero attached hydrogens (tertiary/aromatic N) is 1. The van der Waals surface area contributed by atoms with Crippen LogP contribution >= 0.6 is 0 Å². The Balaban J connectivity index is 1.37. The van der Waals surface area contributed by atoms with Crippen LogP contribution in [0, 0.1) is 0 Å². The maximum absolute atomic E-state index is 14.3. The lowest BCUT2D eigenvalue weighted by Crippen LogP contribution is -2.50. The minimum Gasteiger partial charge on any atom is -0.380 e. The summed E-state index contributed by atoms with van der Waals surface area (Å²) in [5, 5.41) is 3.49. The summed E-state index contributed by atoms with van der Waals surface area (Å²) in [5.74, 6) is -0.316. The molecule has 4 rings (SSSR count). The Morgan fingerprint density at radius 2 is 2.04 bits per heavy atom. The lowest BCUT2D eigenvalue weighted by atomic mass is 9.81. The number of amides is 1. The number of likely N-dealkylation sites (tertiary alicyclic amines) is 1. The number of ether oxygens (including phenoxy) is 1. The molecule has 1 N–H and O–H groups in total. The number of benzene rings is 1. The van der Waals surface area contributed by atoms with Gasteiger partial charge in [-0.2, -0.15) is 0 Å². The van der Waals surface area contributed by atoms with Crippen molar-refractivity contribution in [1.82, 2.24) is 4.90 Å². The van der Waals surface area contributed by atoms with E-state index in [4.69, 9.17) is 4.74 Å². The van der Waals surface area contributed by atoms with E-state index < -0.39 is 5.67 Å². The quantitative estimate of drug-likeness (QED) is 0.932. The Kier molecular flexibility index (Phi) is 3.56. The van der Waals surface area contributed by atoms with Crippen LogP contribution in [0.3, 0.4) is 0 Å². The zero-order chi connectivity index (χ0) is 15.9. The van der Waals surface area contributed by atoms with Crippen molar-refractivity contribution in [3.8, 4) is 0 Å². The third-order valence-corrected chi connectivity index (χ3v) is 5.49. The standard InChI is InChI=1S/C18H23FN2O2/c19-18(7-4-8-18)16(22)21-10-9-17(13-21)11-15(12-23-17)20-14-5-2-1-3-6-14/h1-3,5-6,15,20H,4,7-13H2. The van der Waals surface area contributed by atoms with Crippen LogP contribution in [0.25, 0.3) is 0 Å². The fourth-order valence-corrected chi connectivity index (χ4v) is 3.99. The molecule has 3 fully saturated rings. The molecule has 1 aromatic rings. The van der Waals surface area contributed by atoms with E-state index in [1.165, 1.54) is 0 Å². The van der Waals surface area contributed by atoms with E-state index in [9.17, 15) is 9.18 Å². The second kappa shape index (κ2) is 5.48. The number of carbonyl (C=O) groups excluding carboxylic acids is 1. The lowest BCUT2D eigenvalue weighted by Gasteiger charge is -2.36. The van der Waals surface area contributed by atoms with E-state index in [-0.39, 0.29) is 17.6 Å². The number of rotatable bonds is 3. The molecule has 4 nitrogen and oxygen atoms in total. The molecule has 0 bridgehead atoms. The fraction of sp³-hybridized carbons (Fsp3) is 0.611. The van der Waals surface area contributed by atoms with Crippen LogP contribution < -0.4 is 5.32 Å². The molecular weight excluding hydrogens is 295 g/mol. The summed E-state index contributed by atoms with van der Waals surface area (Å²) in [4.78, 5) is 14.0. The van der Waals surface area contributed by atoms with Crippen molar-refractivity contribution in [3.63, 3.8) is 0 Å². The van der Waals surface area contributed by atoms with Gasteiger partial charge >= 0.3 is 0 Å². The SMILES string of the molecule is O=C(N1CCC2(CC(Nc3ccccc3)CO2)C1)C1(F)CCC1. The summed E-state index contributed by atoms with van der Waals surface area (Å²) in [6.45, 7) is 1.78. The third-order valence-electron chi connectivity index (χ3n) is 5.49. The summed E-state index contributed by atoms with van der Waals surface area (Å²) in [5.41, 5.74) is -0.796. The zero-order valence-corrected chi connectivity index (χ0v) is 13.3. The highest BCUT2D eigenvalue weighted by atomic mass is 19.1. The van der Waals surface area contributed by atoms with Crippen molar-refractivity contribution in [2.45, 2.75) is 49.4 Å². The molecule has 23 heavy (non-hydrogen) atoms. The third kappa shape index (κ3) is 2.71. The number of alkyl halides is 1. The van der Waals surface area contributed by atoms with Crippen LogP contribution in [0.1, 0.15) is 32.1 Å². The molecular formula is C18H23FN2O2. The Morgan fingerprint density at radius 1 is 1.26 bits per heavy atom. The minimum absolute atomic E-state index is 0.246. The van der Waals surface area contributed by atoms with E-state index >= 15 is 0 Å². The summed E-state index contributed by atoms with van der Waals surface area (Å²) in [7, 11) is 0. The van der Waals surface area contributed by atoms with Gasteiger partial charge in [-0.25, -0.2) is 4.39 Å². The van der Waals surface area contributed by atoms with Gasteiger partial charge in [0.05, 0.1) is 18.2 Å². The number of carbonyl (C=O) groups is 1. The topological polar surface area (TPSA) is 41.6 Å². The first kappa shape index (κ1) is 14.9. The highest BCUT2D eigenvalue weighted by Gasteiger charge is 2.52. The van der Waals surface area contributed by atoms with Crippen LogP contribution in [0.2, 0.25) is 0 Å². The van der Waals surface area contributed by atoms with Gasteiger partial charge in [0, 0.05) is 25.2 Å². The fourth-order valence-electron chi connectivity index (χ4n) is 3.99. The summed E-state index contributed by atoms with van der Waals surface area (Å²) >= 11 is 0. The van der Waals surface area contributed by atoms with Crippen LogP contribution in [0.15, 0.2) is 30.3 Å². The highest BCUT2D eigenvalue weighted by Crippen LogP contribution is 2.41. The van der Waals surface area contributed by atoms with Crippen LogP contribution in [0.4, 0.5) is 10.1 Å². The van der Waals surface area contributed by atoms with Crippen molar-refractivity contribution >= 4 is 11.6 Å². The molecule has 1 saturated carbocycles. The number of nitrogens with one attached hydrogen (secondary N) is 1. The molecule has 5 heteroatoms. The number of halogens is 1. The first-order valence-electron chi connectivity index (χ1n) is 8.53. The van der Waals surface area contributed by atoms with Crippen molar-refractivity contribution in [2.24, 2.45) is 0 Å². The van der Waals surface area contributed by atoms with Gasteiger partial charge < -0.3 is 15.0 Å². The smallest absolute Gasteiger partial charge is 0.260 e. The van der Waals surface area contributed by atoms with E-state index in [0.717, 1.165) is 24.9 Å². The monoisotopic (exact) mass is 318 g/mol. The number of hydrogen-bond acceptors (Lipinski definition) is 3. The Morgan fingerprint density at radius 3 is 2.74 bits per heavy atom. The van der Waals surface area contributed by atoms with Gasteiger partial charge in [0.15, 0.2) is 5.67 Å². The van der Waals surface area contributed by atoms with E-state index in [0.29, 0.717) is 32.5 Å². The molecule has 1 aromatic carbocycles. The summed E-state index contributed by atoms with van der Waals surface area (Å²) in [6.07, 6.45) is 3.26. The molecule has 2 saturated heterocycles.